The standard InChI is InChI=1S/C17H18ClN3O/c1-21-11-13-5-3-2-4-12(13)8-14(21)9-20-17(22)15-6-7-19-10-16(15)18/h2-7,10,14H,8-9,11H2,1H3,(H,20,22)/t14-/m0/s1. The van der Waals surface area contributed by atoms with Gasteiger partial charge < -0.3 is 5.32 Å². The zero-order chi connectivity index (χ0) is 15.5. The van der Waals surface area contributed by atoms with Gasteiger partial charge in [-0.05, 0) is 30.7 Å². The molecule has 5 heteroatoms. The number of halogens is 1. The van der Waals surface area contributed by atoms with Crippen molar-refractivity contribution in [3.63, 3.8) is 0 Å². The maximum Gasteiger partial charge on any atom is 0.252 e. The number of pyridine rings is 1. The summed E-state index contributed by atoms with van der Waals surface area (Å²) in [5, 5.41) is 3.36. The number of fused-ring (bicyclic) bond motifs is 1. The fraction of sp³-hybridized carbons (Fsp3) is 0.294. The quantitative estimate of drug-likeness (QED) is 0.946. The highest BCUT2D eigenvalue weighted by Crippen LogP contribution is 2.21. The lowest BCUT2D eigenvalue weighted by Gasteiger charge is -2.34. The third-order valence-electron chi connectivity index (χ3n) is 4.13. The summed E-state index contributed by atoms with van der Waals surface area (Å²) in [6.07, 6.45) is 4.00. The minimum Gasteiger partial charge on any atom is -0.350 e. The molecule has 2 aromatic rings. The predicted molar refractivity (Wildman–Crippen MR) is 87.0 cm³/mol. The van der Waals surface area contributed by atoms with Crippen molar-refractivity contribution in [1.82, 2.24) is 15.2 Å². The molecule has 0 radical (unpaired) electrons. The molecule has 1 aliphatic heterocycles. The molecule has 0 unspecified atom stereocenters. The maximum absolute atomic E-state index is 12.2. The van der Waals surface area contributed by atoms with Crippen LogP contribution in [-0.2, 0) is 13.0 Å². The average molecular weight is 316 g/mol. The Morgan fingerprint density at radius 2 is 2.14 bits per heavy atom. The molecule has 22 heavy (non-hydrogen) atoms. The first-order valence-corrected chi connectivity index (χ1v) is 7.67. The van der Waals surface area contributed by atoms with E-state index in [0.29, 0.717) is 23.2 Å². The fourth-order valence-corrected chi connectivity index (χ4v) is 3.02. The van der Waals surface area contributed by atoms with Crippen LogP contribution in [0.3, 0.4) is 0 Å². The molecule has 4 nitrogen and oxygen atoms in total. The molecule has 1 aliphatic rings. The number of carbonyl (C=O) groups is 1. The van der Waals surface area contributed by atoms with Gasteiger partial charge in [-0.3, -0.25) is 14.7 Å². The molecule has 1 aromatic carbocycles. The largest absolute Gasteiger partial charge is 0.350 e. The fourth-order valence-electron chi connectivity index (χ4n) is 2.81. The van der Waals surface area contributed by atoms with Crippen LogP contribution in [0.25, 0.3) is 0 Å². The molecule has 1 aromatic heterocycles. The summed E-state index contributed by atoms with van der Waals surface area (Å²) in [7, 11) is 2.09. The second kappa shape index (κ2) is 6.46. The SMILES string of the molecule is CN1Cc2ccccc2C[C@H]1CNC(=O)c1ccncc1Cl. The van der Waals surface area contributed by atoms with Crippen molar-refractivity contribution in [3.05, 3.63) is 64.4 Å². The molecule has 2 heterocycles. The van der Waals surface area contributed by atoms with Gasteiger partial charge in [-0.2, -0.15) is 0 Å². The lowest BCUT2D eigenvalue weighted by atomic mass is 9.94. The highest BCUT2D eigenvalue weighted by molar-refractivity contribution is 6.33. The van der Waals surface area contributed by atoms with Gasteiger partial charge in [-0.25, -0.2) is 0 Å². The first-order valence-electron chi connectivity index (χ1n) is 7.30. The van der Waals surface area contributed by atoms with E-state index in [0.717, 1.165) is 13.0 Å². The van der Waals surface area contributed by atoms with Gasteiger partial charge in [0, 0.05) is 31.5 Å². The predicted octanol–water partition coefficient (Wildman–Crippen LogP) is 2.52. The monoisotopic (exact) mass is 315 g/mol. The van der Waals surface area contributed by atoms with Crippen LogP contribution in [0.2, 0.25) is 5.02 Å². The second-order valence-corrected chi connectivity index (χ2v) is 6.01. The van der Waals surface area contributed by atoms with E-state index in [2.05, 4.69) is 46.5 Å². The van der Waals surface area contributed by atoms with E-state index in [1.165, 1.54) is 17.3 Å². The van der Waals surface area contributed by atoms with Crippen molar-refractivity contribution in [3.8, 4) is 0 Å². The Morgan fingerprint density at radius 1 is 1.36 bits per heavy atom. The van der Waals surface area contributed by atoms with Crippen LogP contribution in [-0.4, -0.2) is 35.4 Å². The first kappa shape index (κ1) is 15.0. The molecule has 1 amide bonds. The molecule has 0 bridgehead atoms. The highest BCUT2D eigenvalue weighted by atomic mass is 35.5. The molecular formula is C17H18ClN3O. The number of nitrogens with zero attached hydrogens (tertiary/aromatic N) is 2. The van der Waals surface area contributed by atoms with Crippen LogP contribution < -0.4 is 5.32 Å². The van der Waals surface area contributed by atoms with E-state index in [4.69, 9.17) is 11.6 Å². The van der Waals surface area contributed by atoms with E-state index in [-0.39, 0.29) is 5.91 Å². The smallest absolute Gasteiger partial charge is 0.252 e. The minimum atomic E-state index is -0.153. The second-order valence-electron chi connectivity index (χ2n) is 5.61. The summed E-state index contributed by atoms with van der Waals surface area (Å²) in [6.45, 7) is 1.51. The van der Waals surface area contributed by atoms with Gasteiger partial charge >= 0.3 is 0 Å². The Bertz CT molecular complexity index is 689. The number of amides is 1. The van der Waals surface area contributed by atoms with Crippen molar-refractivity contribution in [2.24, 2.45) is 0 Å². The van der Waals surface area contributed by atoms with Gasteiger partial charge in [-0.1, -0.05) is 35.9 Å². The molecule has 0 fully saturated rings. The van der Waals surface area contributed by atoms with E-state index in [1.54, 1.807) is 12.3 Å². The molecule has 0 saturated heterocycles. The minimum absolute atomic E-state index is 0.153. The van der Waals surface area contributed by atoms with Gasteiger partial charge in [0.05, 0.1) is 10.6 Å². The molecule has 1 atom stereocenters. The van der Waals surface area contributed by atoms with Crippen molar-refractivity contribution in [1.29, 1.82) is 0 Å². The molecule has 0 aliphatic carbocycles. The Kier molecular flexibility index (Phi) is 4.41. The zero-order valence-electron chi connectivity index (χ0n) is 12.4. The topological polar surface area (TPSA) is 45.2 Å². The third kappa shape index (κ3) is 3.13. The maximum atomic E-state index is 12.2. The number of rotatable bonds is 3. The Hall–Kier alpha value is -1.91. The van der Waals surface area contributed by atoms with Gasteiger partial charge in [-0.15, -0.1) is 0 Å². The van der Waals surface area contributed by atoms with Gasteiger partial charge in [0.15, 0.2) is 0 Å². The number of likely N-dealkylation sites (N-methyl/N-ethyl adjacent to an activating group) is 1. The van der Waals surface area contributed by atoms with Crippen molar-refractivity contribution < 1.29 is 4.79 Å². The molecule has 114 valence electrons. The summed E-state index contributed by atoms with van der Waals surface area (Å²) in [4.78, 5) is 18.4. The molecule has 3 rings (SSSR count). The van der Waals surface area contributed by atoms with Gasteiger partial charge in [0.25, 0.3) is 5.91 Å². The lowest BCUT2D eigenvalue weighted by Crippen LogP contribution is -2.45. The van der Waals surface area contributed by atoms with E-state index in [9.17, 15) is 4.79 Å². The Balaban J connectivity index is 1.65. The third-order valence-corrected chi connectivity index (χ3v) is 4.43. The van der Waals surface area contributed by atoms with Gasteiger partial charge in [0.1, 0.15) is 0 Å². The summed E-state index contributed by atoms with van der Waals surface area (Å²) < 4.78 is 0. The average Bonchev–Trinajstić information content (AvgIpc) is 2.53. The van der Waals surface area contributed by atoms with Crippen molar-refractivity contribution in [2.75, 3.05) is 13.6 Å². The zero-order valence-corrected chi connectivity index (χ0v) is 13.2. The van der Waals surface area contributed by atoms with Crippen LogP contribution >= 0.6 is 11.6 Å². The van der Waals surface area contributed by atoms with Gasteiger partial charge in [0.2, 0.25) is 0 Å². The van der Waals surface area contributed by atoms with Crippen LogP contribution in [0, 0.1) is 0 Å². The molecule has 1 N–H and O–H groups in total. The normalized spacial score (nSPS) is 17.8. The van der Waals surface area contributed by atoms with E-state index >= 15 is 0 Å². The number of hydrogen-bond acceptors (Lipinski definition) is 3. The number of aromatic nitrogens is 1. The van der Waals surface area contributed by atoms with Crippen LogP contribution in [0.5, 0.6) is 0 Å². The number of hydrogen-bond donors (Lipinski definition) is 1. The highest BCUT2D eigenvalue weighted by Gasteiger charge is 2.23. The molecule has 0 spiro atoms. The van der Waals surface area contributed by atoms with Crippen LogP contribution in [0.1, 0.15) is 21.5 Å². The summed E-state index contributed by atoms with van der Waals surface area (Å²) >= 11 is 6.00. The number of carbonyl (C=O) groups excluding carboxylic acids is 1. The first-order chi connectivity index (χ1) is 10.6. The summed E-state index contributed by atoms with van der Waals surface area (Å²) in [5.41, 5.74) is 3.20. The molecular weight excluding hydrogens is 298 g/mol. The van der Waals surface area contributed by atoms with Crippen LogP contribution in [0.4, 0.5) is 0 Å². The Labute approximate surface area is 135 Å². The summed E-state index contributed by atoms with van der Waals surface area (Å²) in [5.74, 6) is -0.153. The Morgan fingerprint density at radius 3 is 2.91 bits per heavy atom. The lowest BCUT2D eigenvalue weighted by molar-refractivity contribution is 0.0934. The summed E-state index contributed by atoms with van der Waals surface area (Å²) in [6, 6.07) is 10.4. The van der Waals surface area contributed by atoms with Crippen molar-refractivity contribution >= 4 is 17.5 Å². The number of benzene rings is 1. The number of nitrogens with one attached hydrogen (secondary N) is 1. The van der Waals surface area contributed by atoms with E-state index < -0.39 is 0 Å². The van der Waals surface area contributed by atoms with Crippen LogP contribution in [0.15, 0.2) is 42.7 Å². The molecule has 0 saturated carbocycles. The van der Waals surface area contributed by atoms with E-state index in [1.807, 2.05) is 0 Å². The van der Waals surface area contributed by atoms with Crippen molar-refractivity contribution in [2.45, 2.75) is 19.0 Å².